The van der Waals surface area contributed by atoms with E-state index in [1.165, 1.54) is 12.1 Å². The summed E-state index contributed by atoms with van der Waals surface area (Å²) < 4.78 is 1.95. The van der Waals surface area contributed by atoms with Crippen molar-refractivity contribution in [3.63, 3.8) is 0 Å². The molecule has 0 aliphatic carbocycles. The molecule has 1 atom stereocenters. The van der Waals surface area contributed by atoms with Gasteiger partial charge in [-0.15, -0.1) is 10.2 Å². The van der Waals surface area contributed by atoms with Gasteiger partial charge in [-0.25, -0.2) is 0 Å². The lowest BCUT2D eigenvalue weighted by atomic mass is 9.96. The number of non-ortho nitro benzene ring substituents is 1. The number of aromatic nitrogens is 3. The van der Waals surface area contributed by atoms with Crippen LogP contribution >= 0.6 is 0 Å². The number of hydrogen-bond acceptors (Lipinski definition) is 5. The normalized spacial score (nSPS) is 17.4. The predicted octanol–water partition coefficient (Wildman–Crippen LogP) is 2.66. The number of likely N-dealkylation sites (tertiary alicyclic amines) is 1. The summed E-state index contributed by atoms with van der Waals surface area (Å²) in [7, 11) is 0. The number of nitrogens with zero attached hydrogens (tertiary/aromatic N) is 5. The number of amides is 1. The van der Waals surface area contributed by atoms with Crippen molar-refractivity contribution in [3.8, 4) is 0 Å². The summed E-state index contributed by atoms with van der Waals surface area (Å²) in [4.78, 5) is 25.0. The molecule has 8 heteroatoms. The molecule has 0 unspecified atom stereocenters. The lowest BCUT2D eigenvalue weighted by Crippen LogP contribution is -2.39. The molecule has 0 saturated carbocycles. The number of pyridine rings is 1. The minimum Gasteiger partial charge on any atom is -0.338 e. The number of nitro groups is 1. The first-order chi connectivity index (χ1) is 12.6. The van der Waals surface area contributed by atoms with Crippen molar-refractivity contribution >= 4 is 17.2 Å². The van der Waals surface area contributed by atoms with Gasteiger partial charge < -0.3 is 4.90 Å². The fourth-order valence-corrected chi connectivity index (χ4v) is 3.45. The highest BCUT2D eigenvalue weighted by Gasteiger charge is 2.28. The van der Waals surface area contributed by atoms with Gasteiger partial charge in [-0.1, -0.05) is 12.1 Å². The van der Waals surface area contributed by atoms with Crippen LogP contribution in [0.2, 0.25) is 0 Å². The Bertz CT molecular complexity index is 984. The summed E-state index contributed by atoms with van der Waals surface area (Å²) in [6.45, 7) is 1.16. The molecule has 3 heterocycles. The molecule has 3 aromatic rings. The third-order valence-corrected chi connectivity index (χ3v) is 4.72. The van der Waals surface area contributed by atoms with E-state index in [2.05, 4.69) is 10.2 Å². The van der Waals surface area contributed by atoms with Crippen LogP contribution in [0.3, 0.4) is 0 Å². The van der Waals surface area contributed by atoms with Crippen molar-refractivity contribution in [1.29, 1.82) is 0 Å². The van der Waals surface area contributed by atoms with Crippen molar-refractivity contribution in [1.82, 2.24) is 19.5 Å². The predicted molar refractivity (Wildman–Crippen MR) is 94.0 cm³/mol. The summed E-state index contributed by atoms with van der Waals surface area (Å²) in [5, 5.41) is 19.4. The van der Waals surface area contributed by atoms with Gasteiger partial charge in [-0.2, -0.15) is 0 Å². The zero-order valence-electron chi connectivity index (χ0n) is 14.0. The Balaban J connectivity index is 1.58. The molecular formula is C18H17N5O3. The summed E-state index contributed by atoms with van der Waals surface area (Å²) in [5.41, 5.74) is 1.04. The maximum absolute atomic E-state index is 12.8. The van der Waals surface area contributed by atoms with Crippen molar-refractivity contribution < 1.29 is 9.72 Å². The van der Waals surface area contributed by atoms with Gasteiger partial charge in [0.2, 0.25) is 0 Å². The Morgan fingerprint density at radius 1 is 1.19 bits per heavy atom. The molecule has 4 rings (SSSR count). The second kappa shape index (κ2) is 6.55. The number of benzene rings is 1. The molecule has 1 aromatic carbocycles. The van der Waals surface area contributed by atoms with Gasteiger partial charge in [-0.3, -0.25) is 19.3 Å². The summed E-state index contributed by atoms with van der Waals surface area (Å²) >= 11 is 0. The number of hydrogen-bond donors (Lipinski definition) is 0. The highest BCUT2D eigenvalue weighted by Crippen LogP contribution is 2.27. The molecule has 1 saturated heterocycles. The Morgan fingerprint density at radius 3 is 2.92 bits per heavy atom. The van der Waals surface area contributed by atoms with Crippen LogP contribution in [-0.4, -0.2) is 43.4 Å². The number of nitro benzene ring substituents is 1. The van der Waals surface area contributed by atoms with Crippen LogP contribution in [-0.2, 0) is 0 Å². The van der Waals surface area contributed by atoms with E-state index in [-0.39, 0.29) is 17.5 Å². The van der Waals surface area contributed by atoms with Crippen LogP contribution in [0, 0.1) is 10.1 Å². The molecule has 8 nitrogen and oxygen atoms in total. The summed E-state index contributed by atoms with van der Waals surface area (Å²) in [6, 6.07) is 11.6. The standard InChI is InChI=1S/C18H17N5O3/c24-18(13-5-3-7-15(11-13)23(25)26)21-9-4-6-14(12-21)17-20-19-16-8-1-2-10-22(16)17/h1-3,5,7-8,10-11,14H,4,6,9,12H2/t14-/m1/s1. The molecule has 0 spiro atoms. The van der Waals surface area contributed by atoms with Gasteiger partial charge in [-0.05, 0) is 31.0 Å². The molecule has 1 fully saturated rings. The van der Waals surface area contributed by atoms with Gasteiger partial charge >= 0.3 is 0 Å². The van der Waals surface area contributed by atoms with Crippen LogP contribution in [0.25, 0.3) is 5.65 Å². The molecule has 26 heavy (non-hydrogen) atoms. The van der Waals surface area contributed by atoms with Crippen LogP contribution in [0.1, 0.15) is 34.9 Å². The Morgan fingerprint density at radius 2 is 2.08 bits per heavy atom. The Labute approximate surface area is 149 Å². The SMILES string of the molecule is O=C(c1cccc([N+](=O)[O-])c1)N1CCC[C@@H](c2nnc3ccccn23)C1. The average molecular weight is 351 g/mol. The molecule has 0 N–H and O–H groups in total. The van der Waals surface area contributed by atoms with Crippen LogP contribution in [0.15, 0.2) is 48.7 Å². The minimum atomic E-state index is -0.488. The molecule has 1 amide bonds. The van der Waals surface area contributed by atoms with Gasteiger partial charge in [0.1, 0.15) is 5.82 Å². The van der Waals surface area contributed by atoms with E-state index in [4.69, 9.17) is 0 Å². The highest BCUT2D eigenvalue weighted by atomic mass is 16.6. The second-order valence-corrected chi connectivity index (χ2v) is 6.38. The Hall–Kier alpha value is -3.29. The molecule has 0 radical (unpaired) electrons. The first-order valence-corrected chi connectivity index (χ1v) is 8.47. The maximum atomic E-state index is 12.8. The molecule has 0 bridgehead atoms. The van der Waals surface area contributed by atoms with E-state index in [0.717, 1.165) is 24.3 Å². The summed E-state index contributed by atoms with van der Waals surface area (Å²) in [6.07, 6.45) is 3.70. The molecule has 1 aliphatic rings. The molecule has 1 aliphatic heterocycles. The van der Waals surface area contributed by atoms with Gasteiger partial charge in [0.15, 0.2) is 5.65 Å². The Kier molecular flexibility index (Phi) is 4.08. The monoisotopic (exact) mass is 351 g/mol. The molecule has 132 valence electrons. The first kappa shape index (κ1) is 16.2. The largest absolute Gasteiger partial charge is 0.338 e. The van der Waals surface area contributed by atoms with Crippen LogP contribution in [0.5, 0.6) is 0 Å². The third-order valence-electron chi connectivity index (χ3n) is 4.72. The lowest BCUT2D eigenvalue weighted by Gasteiger charge is -2.32. The molecule has 2 aromatic heterocycles. The topological polar surface area (TPSA) is 93.6 Å². The van der Waals surface area contributed by atoms with E-state index in [1.54, 1.807) is 17.0 Å². The number of rotatable bonds is 3. The minimum absolute atomic E-state index is 0.0761. The van der Waals surface area contributed by atoms with Gasteiger partial charge in [0, 0.05) is 42.9 Å². The van der Waals surface area contributed by atoms with Gasteiger partial charge in [0.25, 0.3) is 11.6 Å². The maximum Gasteiger partial charge on any atom is 0.270 e. The van der Waals surface area contributed by atoms with E-state index in [9.17, 15) is 14.9 Å². The quantitative estimate of drug-likeness (QED) is 0.534. The van der Waals surface area contributed by atoms with Crippen LogP contribution in [0.4, 0.5) is 5.69 Å². The van der Waals surface area contributed by atoms with Crippen LogP contribution < -0.4 is 0 Å². The third kappa shape index (κ3) is 2.90. The molecular weight excluding hydrogens is 334 g/mol. The van der Waals surface area contributed by atoms with Crippen molar-refractivity contribution in [2.45, 2.75) is 18.8 Å². The zero-order valence-corrected chi connectivity index (χ0v) is 14.0. The lowest BCUT2D eigenvalue weighted by molar-refractivity contribution is -0.384. The van der Waals surface area contributed by atoms with E-state index in [1.807, 2.05) is 28.8 Å². The number of carbonyl (C=O) groups excluding carboxylic acids is 1. The average Bonchev–Trinajstić information content (AvgIpc) is 3.12. The number of fused-ring (bicyclic) bond motifs is 1. The second-order valence-electron chi connectivity index (χ2n) is 6.38. The van der Waals surface area contributed by atoms with E-state index < -0.39 is 4.92 Å². The van der Waals surface area contributed by atoms with Crippen molar-refractivity contribution in [3.05, 3.63) is 70.2 Å². The smallest absolute Gasteiger partial charge is 0.270 e. The number of carbonyl (C=O) groups is 1. The zero-order chi connectivity index (χ0) is 18.1. The fraction of sp³-hybridized carbons (Fsp3) is 0.278. The van der Waals surface area contributed by atoms with E-state index >= 15 is 0 Å². The number of piperidine rings is 1. The summed E-state index contributed by atoms with van der Waals surface area (Å²) in [5.74, 6) is 0.744. The van der Waals surface area contributed by atoms with Crippen molar-refractivity contribution in [2.75, 3.05) is 13.1 Å². The van der Waals surface area contributed by atoms with E-state index in [0.29, 0.717) is 18.7 Å². The van der Waals surface area contributed by atoms with Gasteiger partial charge in [0.05, 0.1) is 4.92 Å². The fourth-order valence-electron chi connectivity index (χ4n) is 3.45. The highest BCUT2D eigenvalue weighted by molar-refractivity contribution is 5.95. The first-order valence-electron chi connectivity index (χ1n) is 8.47. The van der Waals surface area contributed by atoms with Crippen molar-refractivity contribution in [2.24, 2.45) is 0 Å².